The fraction of sp³-hybridized carbons (Fsp3) is 0.286. The van der Waals surface area contributed by atoms with Gasteiger partial charge in [-0.05, 0) is 23.8 Å². The number of ether oxygens (including phenoxy) is 3. The molecule has 2 aromatic rings. The highest BCUT2D eigenvalue weighted by molar-refractivity contribution is 7.98. The lowest BCUT2D eigenvalue weighted by atomic mass is 10.1. The van der Waals surface area contributed by atoms with Gasteiger partial charge in [0.25, 0.3) is 5.91 Å². The zero-order chi connectivity index (χ0) is 21.1. The second kappa shape index (κ2) is 11.8. The second-order valence-corrected chi connectivity index (χ2v) is 7.01. The average molecular weight is 417 g/mol. The largest absolute Gasteiger partial charge is 0.484 e. The summed E-state index contributed by atoms with van der Waals surface area (Å²) < 4.78 is 14.8. The van der Waals surface area contributed by atoms with Gasteiger partial charge in [-0.15, -0.1) is 0 Å². The van der Waals surface area contributed by atoms with Gasteiger partial charge in [-0.2, -0.15) is 11.8 Å². The third-order valence-corrected chi connectivity index (χ3v) is 4.83. The van der Waals surface area contributed by atoms with Crippen LogP contribution in [0.15, 0.2) is 48.5 Å². The zero-order valence-electron chi connectivity index (χ0n) is 16.3. The Morgan fingerprint density at radius 2 is 1.55 bits per heavy atom. The third kappa shape index (κ3) is 7.50. The first-order chi connectivity index (χ1) is 14.0. The molecule has 0 saturated carbocycles. The monoisotopic (exact) mass is 417 g/mol. The molecule has 29 heavy (non-hydrogen) atoms. The summed E-state index contributed by atoms with van der Waals surface area (Å²) in [5.41, 5.74) is 1.49. The summed E-state index contributed by atoms with van der Waals surface area (Å²) >= 11 is 1.72. The molecule has 0 heterocycles. The summed E-state index contributed by atoms with van der Waals surface area (Å²) in [6.45, 7) is 0.268. The Balaban J connectivity index is 1.81. The van der Waals surface area contributed by atoms with Crippen molar-refractivity contribution in [3.05, 3.63) is 65.2 Å². The molecule has 0 aliphatic carbocycles. The first-order valence-electron chi connectivity index (χ1n) is 8.86. The van der Waals surface area contributed by atoms with E-state index in [1.165, 1.54) is 38.0 Å². The van der Waals surface area contributed by atoms with E-state index < -0.39 is 11.9 Å². The Morgan fingerprint density at radius 3 is 2.14 bits per heavy atom. The van der Waals surface area contributed by atoms with Crippen LogP contribution >= 0.6 is 11.8 Å². The fourth-order valence-corrected chi connectivity index (χ4v) is 3.20. The number of carbonyl (C=O) groups is 3. The number of thioether (sulfide) groups is 1. The van der Waals surface area contributed by atoms with Crippen molar-refractivity contribution in [3.63, 3.8) is 0 Å². The first kappa shape index (κ1) is 22.3. The molecule has 7 nitrogen and oxygen atoms in total. The van der Waals surface area contributed by atoms with Crippen molar-refractivity contribution in [1.29, 1.82) is 0 Å². The average Bonchev–Trinajstić information content (AvgIpc) is 2.76. The van der Waals surface area contributed by atoms with E-state index in [1.54, 1.807) is 11.8 Å². The van der Waals surface area contributed by atoms with Crippen LogP contribution in [-0.4, -0.2) is 51.0 Å². The van der Waals surface area contributed by atoms with E-state index in [9.17, 15) is 14.4 Å². The van der Waals surface area contributed by atoms with Crippen LogP contribution in [-0.2, 0) is 20.0 Å². The molecule has 2 rings (SSSR count). The van der Waals surface area contributed by atoms with Gasteiger partial charge >= 0.3 is 11.9 Å². The van der Waals surface area contributed by atoms with Gasteiger partial charge in [-0.3, -0.25) is 4.79 Å². The van der Waals surface area contributed by atoms with Gasteiger partial charge in [-0.25, -0.2) is 9.59 Å². The number of nitrogens with one attached hydrogen (secondary N) is 1. The van der Waals surface area contributed by atoms with E-state index >= 15 is 0 Å². The molecule has 2 aromatic carbocycles. The van der Waals surface area contributed by atoms with Crippen LogP contribution in [0.25, 0.3) is 0 Å². The van der Waals surface area contributed by atoms with Crippen molar-refractivity contribution < 1.29 is 28.6 Å². The van der Waals surface area contributed by atoms with Crippen molar-refractivity contribution in [2.24, 2.45) is 0 Å². The molecule has 0 saturated heterocycles. The SMILES string of the molecule is COC(=O)c1cc(OCC(=O)NCCSCc2ccccc2)cc(C(=O)OC)c1. The van der Waals surface area contributed by atoms with E-state index in [2.05, 4.69) is 26.9 Å². The third-order valence-electron chi connectivity index (χ3n) is 3.80. The maximum atomic E-state index is 12.0. The molecule has 0 fully saturated rings. The van der Waals surface area contributed by atoms with Gasteiger partial charge in [0.1, 0.15) is 5.75 Å². The van der Waals surface area contributed by atoms with Gasteiger partial charge in [-0.1, -0.05) is 30.3 Å². The van der Waals surface area contributed by atoms with Crippen LogP contribution in [0.3, 0.4) is 0 Å². The van der Waals surface area contributed by atoms with Crippen molar-refractivity contribution in [3.8, 4) is 5.75 Å². The van der Waals surface area contributed by atoms with E-state index in [4.69, 9.17) is 4.74 Å². The molecule has 154 valence electrons. The summed E-state index contributed by atoms with van der Waals surface area (Å²) in [6.07, 6.45) is 0. The Kier molecular flexibility index (Phi) is 9.04. The van der Waals surface area contributed by atoms with Crippen LogP contribution in [0.2, 0.25) is 0 Å². The van der Waals surface area contributed by atoms with Gasteiger partial charge in [0.2, 0.25) is 0 Å². The van der Waals surface area contributed by atoms with Crippen molar-refractivity contribution >= 4 is 29.6 Å². The fourth-order valence-electron chi connectivity index (χ4n) is 2.38. The summed E-state index contributed by atoms with van der Waals surface area (Å²) in [5.74, 6) is 0.297. The molecule has 0 bridgehead atoms. The molecular formula is C21H23NO6S. The maximum absolute atomic E-state index is 12.0. The lowest BCUT2D eigenvalue weighted by molar-refractivity contribution is -0.122. The van der Waals surface area contributed by atoms with Gasteiger partial charge < -0.3 is 19.5 Å². The van der Waals surface area contributed by atoms with Crippen LogP contribution in [0.5, 0.6) is 5.75 Å². The van der Waals surface area contributed by atoms with Crippen molar-refractivity contribution in [2.75, 3.05) is 33.1 Å². The number of hydrogen-bond donors (Lipinski definition) is 1. The highest BCUT2D eigenvalue weighted by atomic mass is 32.2. The molecule has 0 aliphatic rings. The molecule has 0 atom stereocenters. The van der Waals surface area contributed by atoms with Crippen LogP contribution in [0.4, 0.5) is 0 Å². The first-order valence-corrected chi connectivity index (χ1v) is 10.0. The Labute approximate surface area is 173 Å². The summed E-state index contributed by atoms with van der Waals surface area (Å²) in [5, 5.41) is 2.77. The molecule has 8 heteroatoms. The molecule has 1 N–H and O–H groups in total. The molecule has 0 unspecified atom stereocenters. The minimum Gasteiger partial charge on any atom is -0.484 e. The standard InChI is InChI=1S/C21H23NO6S/c1-26-20(24)16-10-17(21(25)27-2)12-18(11-16)28-13-19(23)22-8-9-29-14-15-6-4-3-5-7-15/h3-7,10-12H,8-9,13-14H2,1-2H3,(H,22,23). The van der Waals surface area contributed by atoms with Crippen LogP contribution in [0, 0.1) is 0 Å². The predicted molar refractivity (Wildman–Crippen MR) is 110 cm³/mol. The van der Waals surface area contributed by atoms with E-state index in [-0.39, 0.29) is 29.4 Å². The number of amides is 1. The highest BCUT2D eigenvalue weighted by Crippen LogP contribution is 2.19. The van der Waals surface area contributed by atoms with Gasteiger partial charge in [0.05, 0.1) is 25.3 Å². The molecule has 0 aromatic heterocycles. The summed E-state index contributed by atoms with van der Waals surface area (Å²) in [7, 11) is 2.47. The van der Waals surface area contributed by atoms with E-state index in [0.717, 1.165) is 11.5 Å². The number of rotatable bonds is 10. The van der Waals surface area contributed by atoms with Crippen LogP contribution < -0.4 is 10.1 Å². The predicted octanol–water partition coefficient (Wildman–Crippen LogP) is 2.69. The zero-order valence-corrected chi connectivity index (χ0v) is 17.1. The lowest BCUT2D eigenvalue weighted by Crippen LogP contribution is -2.30. The Bertz CT molecular complexity index is 806. The van der Waals surface area contributed by atoms with Crippen LogP contribution in [0.1, 0.15) is 26.3 Å². The number of methoxy groups -OCH3 is 2. The van der Waals surface area contributed by atoms with E-state index in [0.29, 0.717) is 6.54 Å². The minimum absolute atomic E-state index is 0.128. The van der Waals surface area contributed by atoms with Gasteiger partial charge in [0, 0.05) is 18.1 Å². The second-order valence-electron chi connectivity index (χ2n) is 5.91. The molecular weight excluding hydrogens is 394 g/mol. The molecule has 0 aliphatic heterocycles. The maximum Gasteiger partial charge on any atom is 0.338 e. The topological polar surface area (TPSA) is 90.9 Å². The lowest BCUT2D eigenvalue weighted by Gasteiger charge is -2.10. The van der Waals surface area contributed by atoms with Crippen molar-refractivity contribution in [1.82, 2.24) is 5.32 Å². The van der Waals surface area contributed by atoms with Crippen molar-refractivity contribution in [2.45, 2.75) is 5.75 Å². The van der Waals surface area contributed by atoms with E-state index in [1.807, 2.05) is 18.2 Å². The minimum atomic E-state index is -0.625. The normalized spacial score (nSPS) is 10.1. The number of hydrogen-bond acceptors (Lipinski definition) is 7. The molecule has 0 spiro atoms. The number of benzene rings is 2. The smallest absolute Gasteiger partial charge is 0.338 e. The summed E-state index contributed by atoms with van der Waals surface area (Å²) in [4.78, 5) is 35.5. The Morgan fingerprint density at radius 1 is 0.931 bits per heavy atom. The Hall–Kier alpha value is -3.00. The summed E-state index contributed by atoms with van der Waals surface area (Å²) in [6, 6.07) is 14.2. The molecule has 1 amide bonds. The highest BCUT2D eigenvalue weighted by Gasteiger charge is 2.15. The number of carbonyl (C=O) groups excluding carboxylic acids is 3. The molecule has 0 radical (unpaired) electrons. The van der Waals surface area contributed by atoms with Gasteiger partial charge in [0.15, 0.2) is 6.61 Å². The quantitative estimate of drug-likeness (QED) is 0.469. The number of esters is 2.